The molecule has 0 amide bonds. The molecule has 0 atom stereocenters. The highest BCUT2D eigenvalue weighted by molar-refractivity contribution is 6.36. The van der Waals surface area contributed by atoms with E-state index in [1.54, 1.807) is 0 Å². The lowest BCUT2D eigenvalue weighted by Crippen LogP contribution is -2.26. The van der Waals surface area contributed by atoms with Gasteiger partial charge in [-0.25, -0.2) is 5.43 Å². The molecule has 0 radical (unpaired) electrons. The predicted octanol–water partition coefficient (Wildman–Crippen LogP) is 3.98. The maximum atomic E-state index is 9.79. The summed E-state index contributed by atoms with van der Waals surface area (Å²) in [5, 5.41) is 31.5. The number of phenolic OH excluding ortho intramolecular Hbond substituents is 2. The van der Waals surface area contributed by atoms with Gasteiger partial charge in [0.2, 0.25) is 5.96 Å². The molecule has 5 N–H and O–H groups in total. The normalized spacial score (nSPS) is 12.2. The summed E-state index contributed by atoms with van der Waals surface area (Å²) in [6.45, 7) is 0. The lowest BCUT2D eigenvalue weighted by atomic mass is 10.2. The fourth-order valence-electron chi connectivity index (χ4n) is 1.71. The Morgan fingerprint density at radius 2 is 1.38 bits per heavy atom. The zero-order valence-electron chi connectivity index (χ0n) is 12.8. The number of halogens is 4. The highest BCUT2D eigenvalue weighted by Crippen LogP contribution is 2.30. The summed E-state index contributed by atoms with van der Waals surface area (Å²) in [7, 11) is 0. The van der Waals surface area contributed by atoms with Crippen LogP contribution in [0.5, 0.6) is 11.5 Å². The lowest BCUT2D eigenvalue weighted by Gasteiger charge is -2.02. The Bertz CT molecular complexity index is 915. The molecule has 0 heterocycles. The van der Waals surface area contributed by atoms with Crippen molar-refractivity contribution in [3.8, 4) is 11.5 Å². The number of phenols is 2. The number of nitrogens with one attached hydrogen (secondary N) is 1. The summed E-state index contributed by atoms with van der Waals surface area (Å²) in [6, 6.07) is 5.70. The van der Waals surface area contributed by atoms with Crippen LogP contribution in [-0.2, 0) is 0 Å². The standard InChI is InChI=1S/C15H11Cl4N5O2/c16-9-1-7(13(25)11(18)3-9)5-21-23-15(20)24-22-6-8-2-10(17)4-12(19)14(8)26/h1-6,25-26H,(H3,20,23,24)/b21-5-,22-6-. The second-order valence-corrected chi connectivity index (χ2v) is 6.44. The maximum absolute atomic E-state index is 9.79. The van der Waals surface area contributed by atoms with E-state index in [9.17, 15) is 10.2 Å². The van der Waals surface area contributed by atoms with Gasteiger partial charge in [-0.1, -0.05) is 46.4 Å². The first kappa shape index (κ1) is 20.1. The van der Waals surface area contributed by atoms with Crippen molar-refractivity contribution < 1.29 is 10.2 Å². The van der Waals surface area contributed by atoms with Crippen LogP contribution in [0.15, 0.2) is 39.6 Å². The fraction of sp³-hybridized carbons (Fsp3) is 0. The highest BCUT2D eigenvalue weighted by atomic mass is 35.5. The molecule has 0 unspecified atom stereocenters. The van der Waals surface area contributed by atoms with Crippen LogP contribution in [0.2, 0.25) is 20.1 Å². The minimum Gasteiger partial charge on any atom is -0.506 e. The number of hydrogen-bond donors (Lipinski definition) is 4. The third-order valence-electron chi connectivity index (χ3n) is 2.86. The first-order valence-corrected chi connectivity index (χ1v) is 8.30. The number of benzene rings is 2. The zero-order chi connectivity index (χ0) is 19.3. The van der Waals surface area contributed by atoms with E-state index >= 15 is 0 Å². The van der Waals surface area contributed by atoms with E-state index in [1.807, 2.05) is 0 Å². The largest absolute Gasteiger partial charge is 0.506 e. The molecule has 2 aromatic carbocycles. The lowest BCUT2D eigenvalue weighted by molar-refractivity contribution is 0.474. The van der Waals surface area contributed by atoms with Crippen molar-refractivity contribution in [3.63, 3.8) is 0 Å². The number of nitrogens with zero attached hydrogens (tertiary/aromatic N) is 3. The van der Waals surface area contributed by atoms with Crippen LogP contribution >= 0.6 is 46.4 Å². The van der Waals surface area contributed by atoms with E-state index in [4.69, 9.17) is 52.1 Å². The van der Waals surface area contributed by atoms with Gasteiger partial charge in [-0.15, -0.1) is 5.10 Å². The van der Waals surface area contributed by atoms with Gasteiger partial charge in [-0.3, -0.25) is 0 Å². The van der Waals surface area contributed by atoms with E-state index in [0.29, 0.717) is 10.0 Å². The minimum absolute atomic E-state index is 0.0821. The number of hydrogen-bond acceptors (Lipinski definition) is 5. The third-order valence-corrected chi connectivity index (χ3v) is 3.87. The van der Waals surface area contributed by atoms with Crippen LogP contribution in [-0.4, -0.2) is 28.6 Å². The maximum Gasteiger partial charge on any atom is 0.234 e. The van der Waals surface area contributed by atoms with Crippen LogP contribution in [0.4, 0.5) is 0 Å². The van der Waals surface area contributed by atoms with Crippen molar-refractivity contribution in [3.05, 3.63) is 55.5 Å². The van der Waals surface area contributed by atoms with Gasteiger partial charge >= 0.3 is 0 Å². The number of aromatic hydroxyl groups is 2. The Kier molecular flexibility index (Phi) is 6.93. The van der Waals surface area contributed by atoms with Crippen LogP contribution in [0.3, 0.4) is 0 Å². The first-order chi connectivity index (χ1) is 12.3. The van der Waals surface area contributed by atoms with E-state index in [-0.39, 0.29) is 38.6 Å². The molecule has 0 aliphatic heterocycles. The quantitative estimate of drug-likeness (QED) is 0.330. The van der Waals surface area contributed by atoms with Crippen molar-refractivity contribution in [1.82, 2.24) is 5.43 Å². The molecule has 0 fully saturated rings. The average molecular weight is 435 g/mol. The van der Waals surface area contributed by atoms with Crippen LogP contribution in [0.1, 0.15) is 11.1 Å². The van der Waals surface area contributed by atoms with E-state index in [0.717, 1.165) is 0 Å². The van der Waals surface area contributed by atoms with E-state index in [1.165, 1.54) is 36.7 Å². The van der Waals surface area contributed by atoms with Gasteiger partial charge < -0.3 is 15.9 Å². The zero-order valence-corrected chi connectivity index (χ0v) is 15.8. The van der Waals surface area contributed by atoms with Gasteiger partial charge in [-0.2, -0.15) is 10.2 Å². The third kappa shape index (κ3) is 5.40. The summed E-state index contributed by atoms with van der Waals surface area (Å²) < 4.78 is 0. The summed E-state index contributed by atoms with van der Waals surface area (Å²) in [6.07, 6.45) is 2.47. The SMILES string of the molecule is NC(=N/N=C\c1cc(Cl)cc(Cl)c1O)N/N=C\c1cc(Cl)cc(Cl)c1O. The molecule has 0 spiro atoms. The van der Waals surface area contributed by atoms with Gasteiger partial charge in [0.05, 0.1) is 22.5 Å². The van der Waals surface area contributed by atoms with Gasteiger partial charge in [0.25, 0.3) is 0 Å². The molecule has 26 heavy (non-hydrogen) atoms. The predicted molar refractivity (Wildman–Crippen MR) is 106 cm³/mol. The summed E-state index contributed by atoms with van der Waals surface area (Å²) in [5.74, 6) is -0.519. The molecule has 2 aromatic rings. The Morgan fingerprint density at radius 3 is 1.92 bits per heavy atom. The second kappa shape index (κ2) is 8.95. The molecule has 0 aromatic heterocycles. The van der Waals surface area contributed by atoms with Crippen molar-refractivity contribution in [1.29, 1.82) is 0 Å². The Balaban J connectivity index is 2.05. The summed E-state index contributed by atoms with van der Waals surface area (Å²) in [4.78, 5) is 0. The molecule has 0 saturated heterocycles. The average Bonchev–Trinajstić information content (AvgIpc) is 2.56. The Labute approximate surface area is 168 Å². The molecular weight excluding hydrogens is 424 g/mol. The molecule has 11 heteroatoms. The Morgan fingerprint density at radius 1 is 0.885 bits per heavy atom. The van der Waals surface area contributed by atoms with Crippen LogP contribution < -0.4 is 11.2 Å². The van der Waals surface area contributed by atoms with Gasteiger partial charge in [0.1, 0.15) is 11.5 Å². The van der Waals surface area contributed by atoms with E-state index in [2.05, 4.69) is 20.7 Å². The molecule has 2 rings (SSSR count). The monoisotopic (exact) mass is 433 g/mol. The van der Waals surface area contributed by atoms with Crippen molar-refractivity contribution in [2.45, 2.75) is 0 Å². The summed E-state index contributed by atoms with van der Waals surface area (Å²) >= 11 is 23.3. The van der Waals surface area contributed by atoms with Gasteiger partial charge in [0, 0.05) is 21.2 Å². The minimum atomic E-state index is -0.187. The van der Waals surface area contributed by atoms with Crippen molar-refractivity contribution in [2.75, 3.05) is 0 Å². The molecule has 0 aliphatic rings. The number of nitrogens with two attached hydrogens (primary N) is 1. The van der Waals surface area contributed by atoms with Crippen LogP contribution in [0, 0.1) is 0 Å². The Hall–Kier alpha value is -2.19. The van der Waals surface area contributed by atoms with Gasteiger partial charge in [0.15, 0.2) is 0 Å². The molecule has 0 bridgehead atoms. The van der Waals surface area contributed by atoms with Gasteiger partial charge in [-0.05, 0) is 24.3 Å². The fourth-order valence-corrected chi connectivity index (χ4v) is 2.73. The smallest absolute Gasteiger partial charge is 0.234 e. The van der Waals surface area contributed by atoms with Crippen LogP contribution in [0.25, 0.3) is 0 Å². The molecule has 0 aliphatic carbocycles. The highest BCUT2D eigenvalue weighted by Gasteiger charge is 2.06. The first-order valence-electron chi connectivity index (χ1n) is 6.79. The molecule has 136 valence electrons. The molecule has 7 nitrogen and oxygen atoms in total. The van der Waals surface area contributed by atoms with Crippen molar-refractivity contribution >= 4 is 64.8 Å². The topological polar surface area (TPSA) is 116 Å². The van der Waals surface area contributed by atoms with E-state index < -0.39 is 0 Å². The molecule has 0 saturated carbocycles. The van der Waals surface area contributed by atoms with Crippen molar-refractivity contribution in [2.24, 2.45) is 21.0 Å². The number of hydrazone groups is 1. The number of rotatable bonds is 4. The second-order valence-electron chi connectivity index (χ2n) is 4.75. The molecular formula is C15H11Cl4N5O2. The summed E-state index contributed by atoms with van der Waals surface area (Å²) in [5.41, 5.74) is 8.52. The number of guanidine groups is 1.